The maximum absolute atomic E-state index is 12.6. The van der Waals surface area contributed by atoms with Crippen LogP contribution < -0.4 is 0 Å². The quantitative estimate of drug-likeness (QED) is 0.739. The van der Waals surface area contributed by atoms with Crippen LogP contribution in [0.25, 0.3) is 0 Å². The number of hydrogen-bond donors (Lipinski definition) is 0. The first-order valence-corrected chi connectivity index (χ1v) is 8.02. The van der Waals surface area contributed by atoms with Crippen LogP contribution in [-0.4, -0.2) is 29.7 Å². The van der Waals surface area contributed by atoms with Crippen molar-refractivity contribution in [1.29, 1.82) is 0 Å². The van der Waals surface area contributed by atoms with Gasteiger partial charge in [0.25, 0.3) is 0 Å². The molecule has 0 N–H and O–H groups in total. The van der Waals surface area contributed by atoms with Crippen LogP contribution in [0.4, 0.5) is 18.0 Å². The van der Waals surface area contributed by atoms with Crippen LogP contribution in [0.3, 0.4) is 0 Å². The predicted molar refractivity (Wildman–Crippen MR) is 87.8 cm³/mol. The molecule has 0 heterocycles. The van der Waals surface area contributed by atoms with Crippen molar-refractivity contribution < 1.29 is 22.7 Å². The summed E-state index contributed by atoms with van der Waals surface area (Å²) in [5.74, 6) is 0.269. The molecule has 24 heavy (non-hydrogen) atoms. The zero-order valence-electron chi connectivity index (χ0n) is 14.9. The lowest BCUT2D eigenvalue weighted by Crippen LogP contribution is -2.40. The van der Waals surface area contributed by atoms with Gasteiger partial charge < -0.3 is 9.64 Å². The molecule has 0 aliphatic carbocycles. The summed E-state index contributed by atoms with van der Waals surface area (Å²) < 4.78 is 43.1. The second kappa shape index (κ2) is 7.90. The molecule has 0 spiro atoms. The van der Waals surface area contributed by atoms with Crippen molar-refractivity contribution in [3.8, 4) is 0 Å². The van der Waals surface area contributed by atoms with Gasteiger partial charge in [0.15, 0.2) is 0 Å². The summed E-state index contributed by atoms with van der Waals surface area (Å²) in [6, 6.07) is 5.03. The third kappa shape index (κ3) is 7.23. The Bertz CT molecular complexity index is 531. The van der Waals surface area contributed by atoms with E-state index in [0.29, 0.717) is 19.5 Å². The first kappa shape index (κ1) is 20.3. The zero-order valence-corrected chi connectivity index (χ0v) is 14.9. The minimum atomic E-state index is -4.33. The highest BCUT2D eigenvalue weighted by Crippen LogP contribution is 2.29. The highest BCUT2D eigenvalue weighted by atomic mass is 19.4. The Morgan fingerprint density at radius 2 is 1.67 bits per heavy atom. The van der Waals surface area contributed by atoms with Crippen LogP contribution >= 0.6 is 0 Å². The highest BCUT2D eigenvalue weighted by molar-refractivity contribution is 5.68. The second-order valence-corrected chi connectivity index (χ2v) is 7.26. The van der Waals surface area contributed by atoms with Gasteiger partial charge >= 0.3 is 12.3 Å². The molecule has 136 valence electrons. The summed E-state index contributed by atoms with van der Waals surface area (Å²) >= 11 is 0. The van der Waals surface area contributed by atoms with Gasteiger partial charge in [0.1, 0.15) is 5.60 Å². The van der Waals surface area contributed by atoms with Crippen LogP contribution in [-0.2, 0) is 17.3 Å². The van der Waals surface area contributed by atoms with Gasteiger partial charge in [-0.05, 0) is 50.8 Å². The maximum atomic E-state index is 12.6. The number of alkyl halides is 3. The SMILES string of the molecule is CC(C)CN(CCc1ccc(C(F)(F)F)cc1)C(=O)OC(C)(C)C. The molecule has 0 aromatic heterocycles. The average Bonchev–Trinajstić information content (AvgIpc) is 2.40. The summed E-state index contributed by atoms with van der Waals surface area (Å²) in [5, 5.41) is 0. The summed E-state index contributed by atoms with van der Waals surface area (Å²) in [6.07, 6.45) is -4.26. The molecule has 1 aromatic rings. The van der Waals surface area contributed by atoms with E-state index in [1.165, 1.54) is 12.1 Å². The fraction of sp³-hybridized carbons (Fsp3) is 0.611. The summed E-state index contributed by atoms with van der Waals surface area (Å²) in [5.41, 5.74) is -0.501. The van der Waals surface area contributed by atoms with Gasteiger partial charge in [0.05, 0.1) is 5.56 Å². The van der Waals surface area contributed by atoms with Gasteiger partial charge in [-0.2, -0.15) is 13.2 Å². The summed E-state index contributed by atoms with van der Waals surface area (Å²) in [4.78, 5) is 13.9. The number of carbonyl (C=O) groups excluding carboxylic acids is 1. The Balaban J connectivity index is 2.72. The van der Waals surface area contributed by atoms with E-state index < -0.39 is 23.4 Å². The van der Waals surface area contributed by atoms with Crippen LogP contribution in [0, 0.1) is 5.92 Å². The number of halogens is 3. The van der Waals surface area contributed by atoms with Gasteiger partial charge in [0, 0.05) is 13.1 Å². The lowest BCUT2D eigenvalue weighted by atomic mass is 10.1. The number of hydrogen-bond acceptors (Lipinski definition) is 2. The molecule has 0 bridgehead atoms. The van der Waals surface area contributed by atoms with Crippen molar-refractivity contribution in [2.45, 2.75) is 52.8 Å². The molecular formula is C18H26F3NO2. The van der Waals surface area contributed by atoms with E-state index in [9.17, 15) is 18.0 Å². The number of carbonyl (C=O) groups is 1. The first-order valence-electron chi connectivity index (χ1n) is 8.02. The lowest BCUT2D eigenvalue weighted by molar-refractivity contribution is -0.137. The van der Waals surface area contributed by atoms with Crippen molar-refractivity contribution in [3.63, 3.8) is 0 Å². The van der Waals surface area contributed by atoms with Crippen LogP contribution in [0.2, 0.25) is 0 Å². The maximum Gasteiger partial charge on any atom is 0.416 e. The molecule has 0 aliphatic rings. The van der Waals surface area contributed by atoms with E-state index in [4.69, 9.17) is 4.74 Å². The van der Waals surface area contributed by atoms with Gasteiger partial charge in [-0.25, -0.2) is 4.79 Å². The lowest BCUT2D eigenvalue weighted by Gasteiger charge is -2.28. The van der Waals surface area contributed by atoms with Crippen LogP contribution in [0.1, 0.15) is 45.7 Å². The van der Waals surface area contributed by atoms with E-state index in [1.807, 2.05) is 13.8 Å². The van der Waals surface area contributed by atoms with Crippen LogP contribution in [0.15, 0.2) is 24.3 Å². The standard InChI is InChI=1S/C18H26F3NO2/c1-13(2)12-22(16(23)24-17(3,4)5)11-10-14-6-8-15(9-7-14)18(19,20)21/h6-9,13H,10-12H2,1-5H3. The molecule has 6 heteroatoms. The van der Waals surface area contributed by atoms with E-state index in [2.05, 4.69) is 0 Å². The minimum Gasteiger partial charge on any atom is -0.444 e. The van der Waals surface area contributed by atoms with E-state index >= 15 is 0 Å². The number of benzene rings is 1. The highest BCUT2D eigenvalue weighted by Gasteiger charge is 2.30. The second-order valence-electron chi connectivity index (χ2n) is 7.26. The van der Waals surface area contributed by atoms with Crippen molar-refractivity contribution in [2.24, 2.45) is 5.92 Å². The van der Waals surface area contributed by atoms with Gasteiger partial charge in [-0.3, -0.25) is 0 Å². The molecule has 0 unspecified atom stereocenters. The van der Waals surface area contributed by atoms with Crippen LogP contribution in [0.5, 0.6) is 0 Å². The fourth-order valence-electron chi connectivity index (χ4n) is 2.15. The molecule has 1 rings (SSSR count). The van der Waals surface area contributed by atoms with Crippen molar-refractivity contribution in [2.75, 3.05) is 13.1 Å². The van der Waals surface area contributed by atoms with Crippen molar-refractivity contribution in [1.82, 2.24) is 4.90 Å². The first-order chi connectivity index (χ1) is 10.9. The molecule has 0 saturated carbocycles. The Kier molecular flexibility index (Phi) is 6.69. The molecular weight excluding hydrogens is 319 g/mol. The smallest absolute Gasteiger partial charge is 0.416 e. The monoisotopic (exact) mass is 345 g/mol. The number of ether oxygens (including phenoxy) is 1. The zero-order chi connectivity index (χ0) is 18.5. The van der Waals surface area contributed by atoms with Gasteiger partial charge in [0.2, 0.25) is 0 Å². The number of amides is 1. The van der Waals surface area contributed by atoms with Crippen molar-refractivity contribution >= 4 is 6.09 Å². The molecule has 0 aliphatic heterocycles. The predicted octanol–water partition coefficient (Wildman–Crippen LogP) is 5.14. The third-order valence-corrected chi connectivity index (χ3v) is 3.19. The molecule has 0 fully saturated rings. The minimum absolute atomic E-state index is 0.269. The number of rotatable bonds is 5. The van der Waals surface area contributed by atoms with Gasteiger partial charge in [-0.1, -0.05) is 26.0 Å². The largest absolute Gasteiger partial charge is 0.444 e. The molecule has 0 radical (unpaired) electrons. The normalized spacial score (nSPS) is 12.4. The van der Waals surface area contributed by atoms with E-state index in [0.717, 1.165) is 17.7 Å². The Hall–Kier alpha value is -1.72. The van der Waals surface area contributed by atoms with E-state index in [1.54, 1.807) is 25.7 Å². The Morgan fingerprint density at radius 1 is 1.12 bits per heavy atom. The molecule has 1 amide bonds. The summed E-state index contributed by atoms with van der Waals surface area (Å²) in [6.45, 7) is 10.3. The Labute approximate surface area is 141 Å². The molecule has 3 nitrogen and oxygen atoms in total. The Morgan fingerprint density at radius 3 is 2.08 bits per heavy atom. The molecule has 0 saturated heterocycles. The molecule has 1 aromatic carbocycles. The van der Waals surface area contributed by atoms with Crippen molar-refractivity contribution in [3.05, 3.63) is 35.4 Å². The molecule has 0 atom stereocenters. The topological polar surface area (TPSA) is 29.5 Å². The third-order valence-electron chi connectivity index (χ3n) is 3.19. The summed E-state index contributed by atoms with van der Waals surface area (Å²) in [7, 11) is 0. The van der Waals surface area contributed by atoms with E-state index in [-0.39, 0.29) is 5.92 Å². The number of nitrogens with zero attached hydrogens (tertiary/aromatic N) is 1. The average molecular weight is 345 g/mol. The van der Waals surface area contributed by atoms with Gasteiger partial charge in [-0.15, -0.1) is 0 Å². The fourth-order valence-corrected chi connectivity index (χ4v) is 2.15.